The molecule has 1 heterocycles. The average Bonchev–Trinajstić information content (AvgIpc) is 2.26. The Morgan fingerprint density at radius 1 is 1.53 bits per heavy atom. The van der Waals surface area contributed by atoms with Crippen molar-refractivity contribution in [1.29, 1.82) is 0 Å². The predicted molar refractivity (Wildman–Crippen MR) is 74.6 cm³/mol. The fraction of sp³-hybridized carbons (Fsp3) is 0.733. The molecule has 0 aliphatic carbocycles. The van der Waals surface area contributed by atoms with E-state index < -0.39 is 11.7 Å². The molecule has 4 nitrogen and oxygen atoms in total. The van der Waals surface area contributed by atoms with Crippen LogP contribution in [0.5, 0.6) is 0 Å². The van der Waals surface area contributed by atoms with Crippen LogP contribution < -0.4 is 0 Å². The first kappa shape index (κ1) is 15.7. The van der Waals surface area contributed by atoms with Crippen LogP contribution in [0.3, 0.4) is 0 Å². The first-order valence-corrected chi connectivity index (χ1v) is 6.86. The van der Waals surface area contributed by atoms with Gasteiger partial charge in [-0.2, -0.15) is 0 Å². The quantitative estimate of drug-likeness (QED) is 0.734. The molecule has 0 aromatic rings. The van der Waals surface area contributed by atoms with E-state index in [-0.39, 0.29) is 23.8 Å². The lowest BCUT2D eigenvalue weighted by Gasteiger charge is -2.44. The third-order valence-electron chi connectivity index (χ3n) is 3.54. The molecule has 19 heavy (non-hydrogen) atoms. The van der Waals surface area contributed by atoms with Gasteiger partial charge in [0, 0.05) is 18.4 Å². The van der Waals surface area contributed by atoms with Crippen molar-refractivity contribution in [2.75, 3.05) is 0 Å². The summed E-state index contributed by atoms with van der Waals surface area (Å²) in [7, 11) is 0. The van der Waals surface area contributed by atoms with Crippen LogP contribution in [0, 0.1) is 11.8 Å². The number of imide groups is 1. The highest BCUT2D eigenvalue weighted by atomic mass is 16.6. The fourth-order valence-corrected chi connectivity index (χ4v) is 2.43. The number of allylic oxidation sites excluding steroid dienone is 1. The minimum absolute atomic E-state index is 0.101. The third-order valence-corrected chi connectivity index (χ3v) is 3.54. The van der Waals surface area contributed by atoms with Gasteiger partial charge in [-0.3, -0.25) is 4.79 Å². The van der Waals surface area contributed by atoms with Crippen LogP contribution in [0.1, 0.15) is 47.5 Å². The van der Waals surface area contributed by atoms with Gasteiger partial charge in [-0.1, -0.05) is 26.8 Å². The van der Waals surface area contributed by atoms with E-state index in [9.17, 15) is 9.59 Å². The number of ether oxygens (including phenoxy) is 1. The van der Waals surface area contributed by atoms with E-state index in [1.807, 2.05) is 34.6 Å². The molecule has 0 saturated carbocycles. The normalized spacial score (nSPS) is 24.0. The van der Waals surface area contributed by atoms with Crippen LogP contribution in [0.15, 0.2) is 12.7 Å². The molecule has 0 spiro atoms. The Hall–Kier alpha value is -1.32. The maximum Gasteiger partial charge on any atom is 0.417 e. The van der Waals surface area contributed by atoms with E-state index in [2.05, 4.69) is 6.58 Å². The zero-order valence-corrected chi connectivity index (χ0v) is 12.6. The second-order valence-electron chi connectivity index (χ2n) is 6.28. The van der Waals surface area contributed by atoms with E-state index in [1.54, 1.807) is 6.08 Å². The van der Waals surface area contributed by atoms with Crippen molar-refractivity contribution in [3.8, 4) is 0 Å². The first-order chi connectivity index (χ1) is 8.69. The number of hydrogen-bond donors (Lipinski definition) is 0. The number of cyclic esters (lactones) is 1. The standard InChI is InChI=1S/C15H25NO3/c1-7-8-11(4)13(17)16-12(10(2)3)9-15(5,6)19-14(16)18/h7,10-12H,1,8-9H2,2-6H3/t11-,12-/m1/s1. The summed E-state index contributed by atoms with van der Waals surface area (Å²) in [5.74, 6) is -0.196. The summed E-state index contributed by atoms with van der Waals surface area (Å²) in [6.45, 7) is 13.3. The van der Waals surface area contributed by atoms with Gasteiger partial charge in [0.2, 0.25) is 5.91 Å². The minimum atomic E-state index is -0.518. The lowest BCUT2D eigenvalue weighted by Crippen LogP contribution is -2.57. The summed E-state index contributed by atoms with van der Waals surface area (Å²) < 4.78 is 5.36. The van der Waals surface area contributed by atoms with Gasteiger partial charge in [0.1, 0.15) is 5.60 Å². The zero-order valence-electron chi connectivity index (χ0n) is 12.6. The van der Waals surface area contributed by atoms with Crippen molar-refractivity contribution in [2.45, 2.75) is 59.1 Å². The molecule has 1 saturated heterocycles. The summed E-state index contributed by atoms with van der Waals surface area (Å²) in [4.78, 5) is 25.8. The van der Waals surface area contributed by atoms with Gasteiger partial charge < -0.3 is 4.74 Å². The van der Waals surface area contributed by atoms with Gasteiger partial charge >= 0.3 is 6.09 Å². The summed E-state index contributed by atoms with van der Waals surface area (Å²) >= 11 is 0. The van der Waals surface area contributed by atoms with Gasteiger partial charge in [0.05, 0.1) is 0 Å². The van der Waals surface area contributed by atoms with Crippen LogP contribution in [0.4, 0.5) is 4.79 Å². The summed E-state index contributed by atoms with van der Waals surface area (Å²) in [5, 5.41) is 0. The van der Waals surface area contributed by atoms with E-state index in [0.29, 0.717) is 12.8 Å². The van der Waals surface area contributed by atoms with Crippen molar-refractivity contribution in [1.82, 2.24) is 4.90 Å². The fourth-order valence-electron chi connectivity index (χ4n) is 2.43. The Kier molecular flexibility index (Phi) is 4.77. The largest absolute Gasteiger partial charge is 0.443 e. The van der Waals surface area contributed by atoms with Crippen LogP contribution in [-0.4, -0.2) is 28.5 Å². The number of carbonyl (C=O) groups is 2. The van der Waals surface area contributed by atoms with Crippen LogP contribution in [0.2, 0.25) is 0 Å². The molecule has 2 amide bonds. The Morgan fingerprint density at radius 3 is 2.58 bits per heavy atom. The van der Waals surface area contributed by atoms with Crippen molar-refractivity contribution >= 4 is 12.0 Å². The molecule has 1 fully saturated rings. The number of rotatable bonds is 4. The second-order valence-corrected chi connectivity index (χ2v) is 6.28. The van der Waals surface area contributed by atoms with E-state index in [4.69, 9.17) is 4.74 Å². The smallest absolute Gasteiger partial charge is 0.417 e. The number of amides is 2. The molecular formula is C15H25NO3. The molecule has 2 atom stereocenters. The summed E-state index contributed by atoms with van der Waals surface area (Å²) in [5.41, 5.74) is -0.509. The van der Waals surface area contributed by atoms with Crippen molar-refractivity contribution in [3.05, 3.63) is 12.7 Å². The number of carbonyl (C=O) groups excluding carboxylic acids is 2. The van der Waals surface area contributed by atoms with E-state index in [1.165, 1.54) is 4.90 Å². The third kappa shape index (κ3) is 3.58. The van der Waals surface area contributed by atoms with Crippen molar-refractivity contribution < 1.29 is 14.3 Å². The molecule has 4 heteroatoms. The highest BCUT2D eigenvalue weighted by Crippen LogP contribution is 2.32. The molecule has 0 aromatic carbocycles. The molecule has 0 bridgehead atoms. The van der Waals surface area contributed by atoms with Gasteiger partial charge in [-0.25, -0.2) is 9.69 Å². The van der Waals surface area contributed by atoms with Crippen molar-refractivity contribution in [2.24, 2.45) is 11.8 Å². The Bertz CT molecular complexity index is 374. The molecule has 108 valence electrons. The van der Waals surface area contributed by atoms with Crippen molar-refractivity contribution in [3.63, 3.8) is 0 Å². The molecule has 0 radical (unpaired) electrons. The monoisotopic (exact) mass is 267 g/mol. The maximum atomic E-state index is 12.4. The molecule has 1 aliphatic heterocycles. The molecule has 0 aromatic heterocycles. The van der Waals surface area contributed by atoms with E-state index >= 15 is 0 Å². The molecule has 1 rings (SSSR count). The summed E-state index contributed by atoms with van der Waals surface area (Å²) in [6, 6.07) is -0.101. The SMILES string of the molecule is C=CC[C@@H](C)C(=O)N1C(=O)OC(C)(C)C[C@@H]1C(C)C. The van der Waals surface area contributed by atoms with Gasteiger partial charge in [0.15, 0.2) is 0 Å². The topological polar surface area (TPSA) is 46.6 Å². The average molecular weight is 267 g/mol. The minimum Gasteiger partial charge on any atom is -0.443 e. The highest BCUT2D eigenvalue weighted by Gasteiger charge is 2.44. The number of nitrogens with zero attached hydrogens (tertiary/aromatic N) is 1. The Balaban J connectivity index is 2.98. The lowest BCUT2D eigenvalue weighted by atomic mass is 9.88. The molecule has 1 aliphatic rings. The lowest BCUT2D eigenvalue weighted by molar-refractivity contribution is -0.143. The predicted octanol–water partition coefficient (Wildman–Crippen LogP) is 3.37. The molecule has 0 N–H and O–H groups in total. The number of hydrogen-bond acceptors (Lipinski definition) is 3. The molecule has 0 unspecified atom stereocenters. The van der Waals surface area contributed by atoms with Crippen LogP contribution >= 0.6 is 0 Å². The van der Waals surface area contributed by atoms with Gasteiger partial charge in [-0.05, 0) is 26.2 Å². The van der Waals surface area contributed by atoms with Crippen LogP contribution in [-0.2, 0) is 9.53 Å². The van der Waals surface area contributed by atoms with Gasteiger partial charge in [-0.15, -0.1) is 6.58 Å². The highest BCUT2D eigenvalue weighted by molar-refractivity contribution is 5.94. The zero-order chi connectivity index (χ0) is 14.8. The second kappa shape index (κ2) is 5.76. The Labute approximate surface area is 115 Å². The van der Waals surface area contributed by atoms with Gasteiger partial charge in [0.25, 0.3) is 0 Å². The molecular weight excluding hydrogens is 242 g/mol. The summed E-state index contributed by atoms with van der Waals surface area (Å²) in [6.07, 6.45) is 2.42. The van der Waals surface area contributed by atoms with Crippen LogP contribution in [0.25, 0.3) is 0 Å². The van der Waals surface area contributed by atoms with E-state index in [0.717, 1.165) is 0 Å². The Morgan fingerprint density at radius 2 is 2.11 bits per heavy atom. The maximum absolute atomic E-state index is 12.4. The first-order valence-electron chi connectivity index (χ1n) is 6.86.